The second-order valence-electron chi connectivity index (χ2n) is 15.9. The SMILES string of the molecule is CCC/C=C/C/C=C/C/C=C/C/C=C/CCCCCC(=O)O[C@H](COC(=O)CCCCC/C=C/CCCCCCCCCC)COP(=O)(O)OC1C(O)C(O)C(O)[C@H](O)C1O. The molecule has 6 unspecified atom stereocenters. The highest BCUT2D eigenvalue weighted by Gasteiger charge is 2.51. The van der Waals surface area contributed by atoms with E-state index >= 15 is 0 Å². The molecule has 0 bridgehead atoms. The molecule has 0 aromatic heterocycles. The Bertz CT molecular complexity index is 1300. The zero-order valence-electron chi connectivity index (χ0n) is 37.2. The second kappa shape index (κ2) is 37.0. The number of phosphoric acid groups is 1. The third-order valence-corrected chi connectivity index (χ3v) is 11.3. The van der Waals surface area contributed by atoms with Crippen LogP contribution in [-0.2, 0) is 32.7 Å². The maximum atomic E-state index is 12.8. The first-order chi connectivity index (χ1) is 29.4. The Kier molecular flexibility index (Phi) is 34.3. The molecule has 61 heavy (non-hydrogen) atoms. The molecule has 1 fully saturated rings. The molecular formula is C47H81O13P. The van der Waals surface area contributed by atoms with E-state index in [2.05, 4.69) is 74.6 Å². The molecule has 1 aliphatic rings. The van der Waals surface area contributed by atoms with E-state index in [4.69, 9.17) is 18.5 Å². The standard InChI is InChI=1S/C47H81O13P/c1-3-5-7-9-11-13-15-17-19-20-22-24-26-28-30-32-34-36-41(49)59-39(38-58-61(55,56)60-47-45(53)43(51)42(50)44(52)46(47)54)37-57-40(48)35-33-31-29-27-25-23-21-18-16-14-12-10-8-6-4-2/h7,9,13,15,19-20,23-26,39,42-47,50-54H,3-6,8,10-12,14,16-18,21-22,27-38H2,1-2H3,(H,55,56)/b9-7+,15-13+,20-19+,25-23+,26-24+/t39-,42?,43+,44?,45?,46?,47?/m1/s1. The quantitative estimate of drug-likeness (QED) is 0.0149. The van der Waals surface area contributed by atoms with Gasteiger partial charge in [0.05, 0.1) is 6.61 Å². The van der Waals surface area contributed by atoms with Gasteiger partial charge in [-0.25, -0.2) is 4.57 Å². The van der Waals surface area contributed by atoms with E-state index in [1.54, 1.807) is 0 Å². The van der Waals surface area contributed by atoms with E-state index in [-0.39, 0.29) is 12.8 Å². The van der Waals surface area contributed by atoms with Crippen LogP contribution in [0.3, 0.4) is 0 Å². The fourth-order valence-corrected chi connectivity index (χ4v) is 7.54. The van der Waals surface area contributed by atoms with Crippen molar-refractivity contribution in [2.75, 3.05) is 13.2 Å². The van der Waals surface area contributed by atoms with Crippen molar-refractivity contribution in [3.8, 4) is 0 Å². The summed E-state index contributed by atoms with van der Waals surface area (Å²) < 4.78 is 33.5. The van der Waals surface area contributed by atoms with Crippen molar-refractivity contribution in [1.82, 2.24) is 0 Å². The van der Waals surface area contributed by atoms with Gasteiger partial charge >= 0.3 is 19.8 Å². The maximum absolute atomic E-state index is 12.8. The smallest absolute Gasteiger partial charge is 0.462 e. The van der Waals surface area contributed by atoms with Crippen LogP contribution >= 0.6 is 7.82 Å². The fourth-order valence-electron chi connectivity index (χ4n) is 6.57. The first-order valence-electron chi connectivity index (χ1n) is 23.1. The Hall–Kier alpha value is -2.45. The zero-order chi connectivity index (χ0) is 45.0. The van der Waals surface area contributed by atoms with E-state index in [1.165, 1.54) is 57.8 Å². The Morgan fingerprint density at radius 1 is 0.508 bits per heavy atom. The van der Waals surface area contributed by atoms with E-state index in [0.29, 0.717) is 12.8 Å². The van der Waals surface area contributed by atoms with Gasteiger partial charge in [-0.15, -0.1) is 0 Å². The first-order valence-corrected chi connectivity index (χ1v) is 24.6. The summed E-state index contributed by atoms with van der Waals surface area (Å²) in [7, 11) is -5.13. The number of phosphoric ester groups is 1. The van der Waals surface area contributed by atoms with Gasteiger partial charge < -0.3 is 39.9 Å². The lowest BCUT2D eigenvalue weighted by Gasteiger charge is -2.41. The second-order valence-corrected chi connectivity index (χ2v) is 17.3. The molecule has 0 aromatic rings. The monoisotopic (exact) mass is 885 g/mol. The van der Waals surface area contributed by atoms with Gasteiger partial charge in [-0.05, 0) is 77.0 Å². The number of aliphatic hydroxyl groups is 5. The van der Waals surface area contributed by atoms with Gasteiger partial charge in [0.1, 0.15) is 43.2 Å². The minimum atomic E-state index is -5.13. The van der Waals surface area contributed by atoms with Crippen LogP contribution in [0.25, 0.3) is 0 Å². The molecule has 0 aliphatic heterocycles. The Balaban J connectivity index is 2.51. The molecule has 1 saturated carbocycles. The fraction of sp³-hybridized carbons (Fsp3) is 0.745. The van der Waals surface area contributed by atoms with Gasteiger partial charge in [-0.3, -0.25) is 18.6 Å². The minimum absolute atomic E-state index is 0.0538. The molecule has 14 heteroatoms. The topological polar surface area (TPSA) is 210 Å². The van der Waals surface area contributed by atoms with Crippen molar-refractivity contribution in [2.24, 2.45) is 0 Å². The third-order valence-electron chi connectivity index (χ3n) is 10.3. The normalized spacial score (nSPS) is 22.6. The Morgan fingerprint density at radius 2 is 0.918 bits per heavy atom. The Morgan fingerprint density at radius 3 is 1.43 bits per heavy atom. The van der Waals surface area contributed by atoms with Crippen LogP contribution in [0.2, 0.25) is 0 Å². The van der Waals surface area contributed by atoms with Crippen molar-refractivity contribution in [1.29, 1.82) is 0 Å². The minimum Gasteiger partial charge on any atom is -0.462 e. The number of unbranched alkanes of at least 4 members (excludes halogenated alkanes) is 15. The summed E-state index contributed by atoms with van der Waals surface area (Å²) in [5, 5.41) is 50.1. The van der Waals surface area contributed by atoms with E-state index < -0.39 is 75.7 Å². The molecule has 0 radical (unpaired) electrons. The number of esters is 2. The lowest BCUT2D eigenvalue weighted by molar-refractivity contribution is -0.220. The van der Waals surface area contributed by atoms with Gasteiger partial charge in [-0.2, -0.15) is 0 Å². The Labute approximate surface area is 366 Å². The van der Waals surface area contributed by atoms with Crippen molar-refractivity contribution in [2.45, 2.75) is 211 Å². The summed E-state index contributed by atoms with van der Waals surface area (Å²) in [4.78, 5) is 35.7. The maximum Gasteiger partial charge on any atom is 0.472 e. The van der Waals surface area contributed by atoms with Crippen LogP contribution < -0.4 is 0 Å². The number of rotatable bonds is 37. The van der Waals surface area contributed by atoms with Gasteiger partial charge in [0.25, 0.3) is 0 Å². The third kappa shape index (κ3) is 29.5. The van der Waals surface area contributed by atoms with Gasteiger partial charge in [-0.1, -0.05) is 139 Å². The molecule has 6 N–H and O–H groups in total. The number of carbonyl (C=O) groups excluding carboxylic acids is 2. The lowest BCUT2D eigenvalue weighted by Crippen LogP contribution is -2.64. The molecule has 0 amide bonds. The summed E-state index contributed by atoms with van der Waals surface area (Å²) in [5.41, 5.74) is 0. The highest BCUT2D eigenvalue weighted by atomic mass is 31.2. The molecule has 0 heterocycles. The lowest BCUT2D eigenvalue weighted by atomic mass is 9.85. The molecular weight excluding hydrogens is 803 g/mol. The molecule has 1 rings (SSSR count). The summed E-state index contributed by atoms with van der Waals surface area (Å²) in [6.07, 6.45) is 31.3. The number of aliphatic hydroxyl groups excluding tert-OH is 5. The number of hydrogen-bond donors (Lipinski definition) is 6. The highest BCUT2D eigenvalue weighted by Crippen LogP contribution is 2.47. The molecule has 8 atom stereocenters. The van der Waals surface area contributed by atoms with Crippen LogP contribution in [0.1, 0.15) is 168 Å². The molecule has 352 valence electrons. The van der Waals surface area contributed by atoms with Crippen LogP contribution in [0.15, 0.2) is 60.8 Å². The van der Waals surface area contributed by atoms with Crippen molar-refractivity contribution in [3.05, 3.63) is 60.8 Å². The largest absolute Gasteiger partial charge is 0.472 e. The summed E-state index contributed by atoms with van der Waals surface area (Å²) >= 11 is 0. The van der Waals surface area contributed by atoms with Gasteiger partial charge in [0.15, 0.2) is 6.10 Å². The molecule has 0 spiro atoms. The van der Waals surface area contributed by atoms with Crippen LogP contribution in [0.4, 0.5) is 0 Å². The number of hydrogen-bond acceptors (Lipinski definition) is 12. The van der Waals surface area contributed by atoms with E-state index in [0.717, 1.165) is 70.6 Å². The molecule has 0 aromatic carbocycles. The average Bonchev–Trinajstić information content (AvgIpc) is 3.24. The van der Waals surface area contributed by atoms with Gasteiger partial charge in [0, 0.05) is 12.8 Å². The van der Waals surface area contributed by atoms with Crippen LogP contribution in [0.5, 0.6) is 0 Å². The van der Waals surface area contributed by atoms with E-state index in [9.17, 15) is 44.6 Å². The number of carbonyl (C=O) groups is 2. The summed E-state index contributed by atoms with van der Waals surface area (Å²) in [6, 6.07) is 0. The van der Waals surface area contributed by atoms with E-state index in [1.807, 2.05) is 0 Å². The zero-order valence-corrected chi connectivity index (χ0v) is 38.1. The van der Waals surface area contributed by atoms with Crippen molar-refractivity contribution >= 4 is 19.8 Å². The highest BCUT2D eigenvalue weighted by molar-refractivity contribution is 7.47. The number of ether oxygens (including phenoxy) is 2. The predicted molar refractivity (Wildman–Crippen MR) is 239 cm³/mol. The van der Waals surface area contributed by atoms with Gasteiger partial charge in [0.2, 0.25) is 0 Å². The van der Waals surface area contributed by atoms with Crippen LogP contribution in [-0.4, -0.2) is 98.3 Å². The average molecular weight is 885 g/mol. The molecule has 1 aliphatic carbocycles. The van der Waals surface area contributed by atoms with Crippen molar-refractivity contribution in [3.63, 3.8) is 0 Å². The van der Waals surface area contributed by atoms with Crippen LogP contribution in [0, 0.1) is 0 Å². The molecule has 0 saturated heterocycles. The summed E-state index contributed by atoms with van der Waals surface area (Å²) in [6.45, 7) is 3.18. The first kappa shape index (κ1) is 56.6. The summed E-state index contributed by atoms with van der Waals surface area (Å²) in [5.74, 6) is -1.16. The van der Waals surface area contributed by atoms with Crippen molar-refractivity contribution < 1.29 is 63.1 Å². The number of allylic oxidation sites excluding steroid dienone is 10. The molecule has 13 nitrogen and oxygen atoms in total. The predicted octanol–water partition coefficient (Wildman–Crippen LogP) is 8.94.